The molecular weight excluding hydrogens is 318 g/mol. The highest BCUT2D eigenvalue weighted by Gasteiger charge is 2.20. The minimum atomic E-state index is -0.188. The molecule has 0 radical (unpaired) electrons. The quantitative estimate of drug-likeness (QED) is 0.512. The minimum absolute atomic E-state index is 0.188. The fourth-order valence-corrected chi connectivity index (χ4v) is 2.44. The fraction of sp³-hybridized carbons (Fsp3) is 0.273. The molecule has 1 atom stereocenters. The molecule has 0 aliphatic heterocycles. The van der Waals surface area contributed by atoms with Crippen molar-refractivity contribution in [3.63, 3.8) is 0 Å². The fourth-order valence-electron chi connectivity index (χ4n) is 1.80. The van der Waals surface area contributed by atoms with Crippen molar-refractivity contribution in [3.8, 4) is 0 Å². The summed E-state index contributed by atoms with van der Waals surface area (Å²) >= 11 is 9.27. The molecule has 1 unspecified atom stereocenters. The number of nitrogens with two attached hydrogens (primary N) is 1. The molecule has 5 nitrogen and oxygen atoms in total. The maximum atomic E-state index is 5.78. The number of aryl methyl sites for hydroxylation is 1. The second-order valence-corrected chi connectivity index (χ2v) is 4.95. The standard InChI is InChI=1S/C11H13BrClN5/c1-2-18-11(8(12)6-16-18)10(17-14)7-3-4-9(13)15-5-7/h3-6,10,17H,2,14H2,1H3. The van der Waals surface area contributed by atoms with Crippen LogP contribution < -0.4 is 11.3 Å². The van der Waals surface area contributed by atoms with Gasteiger partial charge in [-0.05, 0) is 34.5 Å². The predicted molar refractivity (Wildman–Crippen MR) is 74.0 cm³/mol. The van der Waals surface area contributed by atoms with Crippen molar-refractivity contribution in [1.29, 1.82) is 0 Å². The highest BCUT2D eigenvalue weighted by Crippen LogP contribution is 2.28. The zero-order valence-corrected chi connectivity index (χ0v) is 12.1. The van der Waals surface area contributed by atoms with Gasteiger partial charge in [-0.15, -0.1) is 0 Å². The Bertz CT molecular complexity index is 525. The van der Waals surface area contributed by atoms with Crippen molar-refractivity contribution >= 4 is 27.5 Å². The van der Waals surface area contributed by atoms with E-state index in [9.17, 15) is 0 Å². The number of pyridine rings is 1. The first kappa shape index (κ1) is 13.5. The molecule has 2 aromatic rings. The molecule has 18 heavy (non-hydrogen) atoms. The Morgan fingerprint density at radius 3 is 2.83 bits per heavy atom. The molecule has 2 rings (SSSR count). The number of nitrogens with one attached hydrogen (secondary N) is 1. The van der Waals surface area contributed by atoms with Crippen LogP contribution in [0.2, 0.25) is 5.15 Å². The number of hydrogen-bond donors (Lipinski definition) is 2. The molecule has 0 saturated heterocycles. The lowest BCUT2D eigenvalue weighted by molar-refractivity contribution is 0.541. The topological polar surface area (TPSA) is 68.8 Å². The number of aromatic nitrogens is 3. The van der Waals surface area contributed by atoms with Gasteiger partial charge in [0, 0.05) is 12.7 Å². The molecule has 0 aromatic carbocycles. The SMILES string of the molecule is CCn1ncc(Br)c1C(NN)c1ccc(Cl)nc1. The van der Waals surface area contributed by atoms with Gasteiger partial charge >= 0.3 is 0 Å². The van der Waals surface area contributed by atoms with E-state index in [1.165, 1.54) is 0 Å². The first-order chi connectivity index (χ1) is 8.67. The minimum Gasteiger partial charge on any atom is -0.271 e. The van der Waals surface area contributed by atoms with Gasteiger partial charge in [-0.3, -0.25) is 10.5 Å². The van der Waals surface area contributed by atoms with Crippen molar-refractivity contribution in [1.82, 2.24) is 20.2 Å². The normalized spacial score (nSPS) is 12.7. The number of nitrogens with zero attached hydrogens (tertiary/aromatic N) is 3. The summed E-state index contributed by atoms with van der Waals surface area (Å²) < 4.78 is 2.78. The summed E-state index contributed by atoms with van der Waals surface area (Å²) in [5, 5.41) is 4.73. The summed E-state index contributed by atoms with van der Waals surface area (Å²) in [5.74, 6) is 5.65. The van der Waals surface area contributed by atoms with E-state index in [1.54, 1.807) is 18.5 Å². The van der Waals surface area contributed by atoms with E-state index in [0.717, 1.165) is 22.3 Å². The second-order valence-electron chi connectivity index (χ2n) is 3.71. The summed E-state index contributed by atoms with van der Waals surface area (Å²) in [4.78, 5) is 4.07. The molecule has 0 amide bonds. The third-order valence-corrected chi connectivity index (χ3v) is 3.49. The molecule has 96 valence electrons. The average molecular weight is 331 g/mol. The lowest BCUT2D eigenvalue weighted by Gasteiger charge is -2.18. The van der Waals surface area contributed by atoms with Crippen LogP contribution >= 0.6 is 27.5 Å². The first-order valence-electron chi connectivity index (χ1n) is 5.46. The first-order valence-corrected chi connectivity index (χ1v) is 6.63. The third kappa shape index (κ3) is 2.56. The van der Waals surface area contributed by atoms with Crippen LogP contribution in [-0.2, 0) is 6.54 Å². The zero-order valence-electron chi connectivity index (χ0n) is 9.77. The van der Waals surface area contributed by atoms with E-state index in [1.807, 2.05) is 17.7 Å². The van der Waals surface area contributed by atoms with Gasteiger partial charge in [0.15, 0.2) is 0 Å². The predicted octanol–water partition coefficient (Wildman–Crippen LogP) is 2.27. The Labute approximate surface area is 118 Å². The Balaban J connectivity index is 2.44. The molecule has 7 heteroatoms. The molecule has 3 N–H and O–H groups in total. The van der Waals surface area contributed by atoms with Crippen LogP contribution in [0.5, 0.6) is 0 Å². The summed E-state index contributed by atoms with van der Waals surface area (Å²) in [6.45, 7) is 2.79. The average Bonchev–Trinajstić information content (AvgIpc) is 2.74. The van der Waals surface area contributed by atoms with Crippen LogP contribution in [0.15, 0.2) is 29.0 Å². The second kappa shape index (κ2) is 5.79. The number of halogens is 2. The Morgan fingerprint density at radius 1 is 1.50 bits per heavy atom. The largest absolute Gasteiger partial charge is 0.271 e. The summed E-state index contributed by atoms with van der Waals surface area (Å²) in [7, 11) is 0. The number of rotatable bonds is 4. The van der Waals surface area contributed by atoms with Crippen LogP contribution in [0.25, 0.3) is 0 Å². The Morgan fingerprint density at radius 2 is 2.28 bits per heavy atom. The monoisotopic (exact) mass is 329 g/mol. The van der Waals surface area contributed by atoms with Crippen molar-refractivity contribution < 1.29 is 0 Å². The van der Waals surface area contributed by atoms with Crippen LogP contribution in [-0.4, -0.2) is 14.8 Å². The van der Waals surface area contributed by atoms with Gasteiger partial charge in [-0.25, -0.2) is 10.4 Å². The van der Waals surface area contributed by atoms with E-state index >= 15 is 0 Å². The summed E-state index contributed by atoms with van der Waals surface area (Å²) in [5.41, 5.74) is 4.67. The van der Waals surface area contributed by atoms with Crippen molar-refractivity contribution in [2.24, 2.45) is 5.84 Å². The van der Waals surface area contributed by atoms with E-state index in [0.29, 0.717) is 5.15 Å². The van der Waals surface area contributed by atoms with E-state index in [-0.39, 0.29) is 6.04 Å². The maximum absolute atomic E-state index is 5.78. The Kier molecular flexibility index (Phi) is 4.34. The van der Waals surface area contributed by atoms with E-state index in [2.05, 4.69) is 31.4 Å². The summed E-state index contributed by atoms with van der Waals surface area (Å²) in [6, 6.07) is 3.44. The molecule has 0 spiro atoms. The van der Waals surface area contributed by atoms with Gasteiger partial charge < -0.3 is 0 Å². The van der Waals surface area contributed by atoms with Crippen molar-refractivity contribution in [2.75, 3.05) is 0 Å². The Hall–Kier alpha value is -0.950. The van der Waals surface area contributed by atoms with Crippen LogP contribution in [0.4, 0.5) is 0 Å². The van der Waals surface area contributed by atoms with Gasteiger partial charge in [0.05, 0.1) is 22.4 Å². The highest BCUT2D eigenvalue weighted by molar-refractivity contribution is 9.10. The molecule has 0 bridgehead atoms. The molecule has 2 heterocycles. The molecule has 0 aliphatic rings. The molecule has 0 saturated carbocycles. The number of hydrogen-bond acceptors (Lipinski definition) is 4. The molecular formula is C11H13BrClN5. The molecule has 0 fully saturated rings. The van der Waals surface area contributed by atoms with Crippen molar-refractivity contribution in [3.05, 3.63) is 45.4 Å². The number of hydrazine groups is 1. The van der Waals surface area contributed by atoms with E-state index in [4.69, 9.17) is 17.4 Å². The van der Waals surface area contributed by atoms with Gasteiger partial charge in [-0.2, -0.15) is 5.10 Å². The molecule has 2 aromatic heterocycles. The highest BCUT2D eigenvalue weighted by atomic mass is 79.9. The van der Waals surface area contributed by atoms with Crippen LogP contribution in [0, 0.1) is 0 Å². The van der Waals surface area contributed by atoms with Crippen LogP contribution in [0.1, 0.15) is 24.2 Å². The smallest absolute Gasteiger partial charge is 0.129 e. The summed E-state index contributed by atoms with van der Waals surface area (Å²) in [6.07, 6.45) is 3.46. The van der Waals surface area contributed by atoms with Crippen LogP contribution in [0.3, 0.4) is 0 Å². The molecule has 0 aliphatic carbocycles. The van der Waals surface area contributed by atoms with Gasteiger partial charge in [0.2, 0.25) is 0 Å². The zero-order chi connectivity index (χ0) is 13.1. The van der Waals surface area contributed by atoms with Crippen molar-refractivity contribution in [2.45, 2.75) is 19.5 Å². The van der Waals surface area contributed by atoms with Gasteiger partial charge in [0.25, 0.3) is 0 Å². The third-order valence-electron chi connectivity index (χ3n) is 2.66. The lowest BCUT2D eigenvalue weighted by atomic mass is 10.1. The maximum Gasteiger partial charge on any atom is 0.129 e. The van der Waals surface area contributed by atoms with E-state index < -0.39 is 0 Å². The lowest BCUT2D eigenvalue weighted by Crippen LogP contribution is -2.31. The van der Waals surface area contributed by atoms with Gasteiger partial charge in [-0.1, -0.05) is 17.7 Å². The van der Waals surface area contributed by atoms with Gasteiger partial charge in [0.1, 0.15) is 5.15 Å².